The van der Waals surface area contributed by atoms with Crippen molar-refractivity contribution < 1.29 is 44.8 Å². The van der Waals surface area contributed by atoms with E-state index < -0.39 is 0 Å². The minimum Gasteiger partial charge on any atom is -1.00 e. The molecule has 0 N–H and O–H groups in total. The summed E-state index contributed by atoms with van der Waals surface area (Å²) >= 11 is 1.75. The summed E-state index contributed by atoms with van der Waals surface area (Å²) in [5.41, 5.74) is 2.58. The van der Waals surface area contributed by atoms with Gasteiger partial charge in [-0.05, 0) is 0 Å². The molecule has 3 heteroatoms. The van der Waals surface area contributed by atoms with E-state index in [1.54, 1.807) is 20.0 Å². The molecule has 0 fully saturated rings. The van der Waals surface area contributed by atoms with Gasteiger partial charge in [0.2, 0.25) is 0 Å². The molecule has 0 spiro atoms. The molecule has 0 heterocycles. The first kappa shape index (κ1) is 25.1. The van der Waals surface area contributed by atoms with E-state index in [0.29, 0.717) is 11.8 Å². The predicted molar refractivity (Wildman–Crippen MR) is 77.8 cm³/mol. The second kappa shape index (κ2) is 15.5. The molecule has 0 aromatic carbocycles. The van der Waals surface area contributed by atoms with Crippen LogP contribution in [0.2, 0.25) is 0 Å². The van der Waals surface area contributed by atoms with Gasteiger partial charge < -0.3 is 24.8 Å². The number of hydrogen-bond donors (Lipinski definition) is 0. The molecule has 2 aliphatic rings. The van der Waals surface area contributed by atoms with E-state index in [2.05, 4.69) is 69.0 Å². The second-order valence-electron chi connectivity index (χ2n) is 4.40. The molecular formula is C17H24Cl2Ti-2. The van der Waals surface area contributed by atoms with Crippen LogP contribution in [0.15, 0.2) is 35.5 Å². The largest absolute Gasteiger partial charge is 1.00 e. The Hall–Kier alpha value is 0.124. The zero-order chi connectivity index (χ0) is 14.0. The summed E-state index contributed by atoms with van der Waals surface area (Å²) in [5, 5.41) is 0. The normalized spacial score (nSPS) is 21.3. The van der Waals surface area contributed by atoms with Gasteiger partial charge in [-0.3, -0.25) is 12.2 Å². The van der Waals surface area contributed by atoms with Crippen LogP contribution in [0.25, 0.3) is 0 Å². The van der Waals surface area contributed by atoms with Gasteiger partial charge in [0.05, 0.1) is 0 Å². The fourth-order valence-corrected chi connectivity index (χ4v) is 1.77. The molecule has 0 bridgehead atoms. The predicted octanol–water partition coefficient (Wildman–Crippen LogP) is -1.36. The Labute approximate surface area is 149 Å². The topological polar surface area (TPSA) is 0 Å². The molecule has 2 aliphatic carbocycles. The van der Waals surface area contributed by atoms with Crippen molar-refractivity contribution in [2.75, 3.05) is 0 Å². The van der Waals surface area contributed by atoms with Gasteiger partial charge in [-0.2, -0.15) is 12.2 Å². The van der Waals surface area contributed by atoms with Crippen LogP contribution in [-0.2, 0) is 20.0 Å². The molecule has 2 unspecified atom stereocenters. The molecule has 0 aliphatic heterocycles. The number of halogens is 2. The summed E-state index contributed by atoms with van der Waals surface area (Å²) in [6, 6.07) is 0. The molecular weight excluding hydrogens is 323 g/mol. The Morgan fingerprint density at radius 3 is 1.30 bits per heavy atom. The Morgan fingerprint density at radius 1 is 0.900 bits per heavy atom. The van der Waals surface area contributed by atoms with Gasteiger partial charge in [0.15, 0.2) is 0 Å². The Balaban J connectivity index is -0.000000236. The van der Waals surface area contributed by atoms with E-state index in [1.807, 2.05) is 0 Å². The molecule has 0 nitrogen and oxygen atoms in total. The fraction of sp³-hybridized carbons (Fsp3) is 0.471. The van der Waals surface area contributed by atoms with Gasteiger partial charge in [0.25, 0.3) is 0 Å². The summed E-state index contributed by atoms with van der Waals surface area (Å²) in [5.74, 6) is 1.21. The minimum absolute atomic E-state index is 0. The Morgan fingerprint density at radius 2 is 1.20 bits per heavy atom. The van der Waals surface area contributed by atoms with Gasteiger partial charge in [-0.1, -0.05) is 52.4 Å². The Bertz CT molecular complexity index is 320. The van der Waals surface area contributed by atoms with Crippen LogP contribution in [0, 0.1) is 24.0 Å². The zero-order valence-electron chi connectivity index (χ0n) is 12.8. The first-order chi connectivity index (χ1) is 8.65. The minimum atomic E-state index is 0. The molecule has 0 aromatic rings. The average molecular weight is 347 g/mol. The van der Waals surface area contributed by atoms with E-state index in [-0.39, 0.29) is 24.8 Å². The monoisotopic (exact) mass is 346 g/mol. The van der Waals surface area contributed by atoms with E-state index in [1.165, 1.54) is 24.0 Å². The van der Waals surface area contributed by atoms with Crippen molar-refractivity contribution in [3.05, 3.63) is 47.6 Å². The average Bonchev–Trinajstić information content (AvgIpc) is 3.01. The molecule has 20 heavy (non-hydrogen) atoms. The summed E-state index contributed by atoms with van der Waals surface area (Å²) in [4.78, 5) is 3.25. The molecule has 2 atom stereocenters. The molecule has 0 aromatic heterocycles. The quantitative estimate of drug-likeness (QED) is 0.428. The van der Waals surface area contributed by atoms with Crippen molar-refractivity contribution in [1.82, 2.24) is 0 Å². The standard InChI is InChI=1S/2C8H11.CH2.2ClH.Ti/c2*1-3-8-5-4-7(2)6-8;;;;/h2*4-5,8H,3H2,1-2H3;1H2;2*1H;/q2*-1;;;;+2/p-2. The first-order valence-corrected chi connectivity index (χ1v) is 7.68. The van der Waals surface area contributed by atoms with Gasteiger partial charge in [-0.15, -0.1) is 0 Å². The van der Waals surface area contributed by atoms with E-state index >= 15 is 0 Å². The van der Waals surface area contributed by atoms with Gasteiger partial charge in [0, 0.05) is 0 Å². The summed E-state index contributed by atoms with van der Waals surface area (Å²) in [6.07, 6.45) is 17.7. The third kappa shape index (κ3) is 10.9. The zero-order valence-corrected chi connectivity index (χ0v) is 15.9. The SMILES string of the molecule is CCC1[C-]=C(C)C=C1.CCC1[C-]=C(C)C=C1.[CH2]=[Ti+2].[Cl-].[Cl-]. The molecule has 2 rings (SSSR count). The maximum atomic E-state index is 3.31. The van der Waals surface area contributed by atoms with Crippen molar-refractivity contribution in [3.8, 4) is 0 Å². The van der Waals surface area contributed by atoms with Crippen LogP contribution in [0.5, 0.6) is 0 Å². The van der Waals surface area contributed by atoms with Crippen LogP contribution in [-0.4, -0.2) is 4.82 Å². The van der Waals surface area contributed by atoms with Crippen LogP contribution >= 0.6 is 0 Å². The second-order valence-corrected chi connectivity index (χ2v) is 4.40. The van der Waals surface area contributed by atoms with Crippen LogP contribution in [0.1, 0.15) is 40.5 Å². The van der Waals surface area contributed by atoms with Crippen molar-refractivity contribution in [2.45, 2.75) is 40.5 Å². The maximum absolute atomic E-state index is 3.31. The smallest absolute Gasteiger partial charge is 1.00 e. The van der Waals surface area contributed by atoms with Crippen LogP contribution in [0.4, 0.5) is 0 Å². The molecule has 0 saturated heterocycles. The van der Waals surface area contributed by atoms with Crippen molar-refractivity contribution in [1.29, 1.82) is 0 Å². The molecule has 112 valence electrons. The van der Waals surface area contributed by atoms with Gasteiger partial charge >= 0.3 is 24.8 Å². The third-order valence-corrected chi connectivity index (χ3v) is 2.86. The number of rotatable bonds is 2. The summed E-state index contributed by atoms with van der Waals surface area (Å²) in [7, 11) is 0. The van der Waals surface area contributed by atoms with Crippen molar-refractivity contribution >= 4 is 4.82 Å². The van der Waals surface area contributed by atoms with Crippen molar-refractivity contribution in [3.63, 3.8) is 0 Å². The van der Waals surface area contributed by atoms with Crippen LogP contribution < -0.4 is 24.8 Å². The van der Waals surface area contributed by atoms with E-state index in [4.69, 9.17) is 0 Å². The molecule has 0 saturated carbocycles. The van der Waals surface area contributed by atoms with Gasteiger partial charge in [0.1, 0.15) is 0 Å². The number of allylic oxidation sites excluding steroid dienone is 8. The first-order valence-electron chi connectivity index (χ1n) is 6.57. The van der Waals surface area contributed by atoms with Crippen molar-refractivity contribution in [2.24, 2.45) is 11.8 Å². The van der Waals surface area contributed by atoms with E-state index in [0.717, 1.165) is 0 Å². The summed E-state index contributed by atoms with van der Waals surface area (Å²) in [6.45, 7) is 8.54. The molecule has 0 amide bonds. The fourth-order valence-electron chi connectivity index (χ4n) is 1.77. The molecule has 0 radical (unpaired) electrons. The third-order valence-electron chi connectivity index (χ3n) is 2.86. The number of hydrogen-bond acceptors (Lipinski definition) is 0. The Kier molecular flexibility index (Phi) is 19.5. The van der Waals surface area contributed by atoms with E-state index in [9.17, 15) is 0 Å². The maximum Gasteiger partial charge on any atom is -1.00 e. The van der Waals surface area contributed by atoms with Crippen LogP contribution in [0.3, 0.4) is 0 Å². The van der Waals surface area contributed by atoms with Gasteiger partial charge in [-0.25, -0.2) is 23.3 Å². The summed E-state index contributed by atoms with van der Waals surface area (Å²) < 4.78 is 0.